The molecule has 0 unspecified atom stereocenters. The zero-order valence-electron chi connectivity index (χ0n) is 9.40. The van der Waals surface area contributed by atoms with Crippen LogP contribution in [0.1, 0.15) is 12.6 Å². The van der Waals surface area contributed by atoms with Gasteiger partial charge in [-0.1, -0.05) is 6.08 Å². The molecule has 0 fully saturated rings. The summed E-state index contributed by atoms with van der Waals surface area (Å²) in [6.45, 7) is 1.78. The van der Waals surface area contributed by atoms with Gasteiger partial charge in [0.1, 0.15) is 0 Å². The van der Waals surface area contributed by atoms with E-state index in [9.17, 15) is 21.6 Å². The summed E-state index contributed by atoms with van der Waals surface area (Å²) in [5, 5.41) is 0. The minimum atomic E-state index is -4.77. The highest BCUT2D eigenvalue weighted by atomic mass is 32.2. The van der Waals surface area contributed by atoms with Crippen molar-refractivity contribution in [1.82, 2.24) is 4.98 Å². The van der Waals surface area contributed by atoms with Crippen molar-refractivity contribution >= 4 is 21.8 Å². The van der Waals surface area contributed by atoms with Gasteiger partial charge in [0, 0.05) is 0 Å². The summed E-state index contributed by atoms with van der Waals surface area (Å²) >= 11 is 0. The Morgan fingerprint density at radius 2 is 2.06 bits per heavy atom. The first-order valence-corrected chi connectivity index (χ1v) is 6.53. The van der Waals surface area contributed by atoms with Crippen LogP contribution in [0.4, 0.5) is 18.9 Å². The lowest BCUT2D eigenvalue weighted by molar-refractivity contribution is -0.106. The van der Waals surface area contributed by atoms with E-state index in [1.165, 1.54) is 12.1 Å². The van der Waals surface area contributed by atoms with E-state index in [0.29, 0.717) is 5.69 Å². The van der Waals surface area contributed by atoms with Crippen molar-refractivity contribution in [2.75, 3.05) is 10.5 Å². The van der Waals surface area contributed by atoms with Crippen LogP contribution in [0.5, 0.6) is 0 Å². The van der Waals surface area contributed by atoms with Gasteiger partial charge in [-0.15, -0.1) is 0 Å². The average Bonchev–Trinajstić information content (AvgIpc) is 2.17. The second kappa shape index (κ2) is 5.38. The fourth-order valence-electron chi connectivity index (χ4n) is 1.17. The van der Waals surface area contributed by atoms with Crippen molar-refractivity contribution in [3.05, 3.63) is 30.1 Å². The summed E-state index contributed by atoms with van der Waals surface area (Å²) in [5.74, 6) is -1.92. The van der Waals surface area contributed by atoms with Gasteiger partial charge in [0.15, 0.2) is 5.75 Å². The number of hydrogen-bond donors (Lipinski definition) is 1. The first-order valence-electron chi connectivity index (χ1n) is 4.88. The summed E-state index contributed by atoms with van der Waals surface area (Å²) in [6, 6.07) is 2.84. The minimum absolute atomic E-state index is 0.00694. The number of nitrogens with zero attached hydrogens (tertiary/aromatic N) is 1. The van der Waals surface area contributed by atoms with Crippen molar-refractivity contribution in [2.45, 2.75) is 13.1 Å². The number of hydrogen-bond acceptors (Lipinski definition) is 3. The molecule has 0 amide bonds. The molecule has 0 aliphatic heterocycles. The lowest BCUT2D eigenvalue weighted by Gasteiger charge is -2.09. The van der Waals surface area contributed by atoms with Crippen molar-refractivity contribution in [3.63, 3.8) is 0 Å². The van der Waals surface area contributed by atoms with Crippen molar-refractivity contribution in [1.29, 1.82) is 0 Å². The highest BCUT2D eigenvalue weighted by Crippen LogP contribution is 2.19. The maximum Gasteiger partial charge on any atom is 0.404 e. The third-order valence-corrected chi connectivity index (χ3v) is 3.00. The lowest BCUT2D eigenvalue weighted by atomic mass is 10.3. The highest BCUT2D eigenvalue weighted by Gasteiger charge is 2.35. The Morgan fingerprint density at radius 3 is 2.50 bits per heavy atom. The average molecular weight is 280 g/mol. The van der Waals surface area contributed by atoms with Crippen LogP contribution in [0.2, 0.25) is 0 Å². The Kier molecular flexibility index (Phi) is 4.33. The van der Waals surface area contributed by atoms with Crippen molar-refractivity contribution in [3.8, 4) is 0 Å². The molecule has 8 heteroatoms. The molecule has 0 saturated carbocycles. The Morgan fingerprint density at radius 1 is 1.39 bits per heavy atom. The first-order chi connectivity index (χ1) is 8.22. The number of alkyl halides is 3. The van der Waals surface area contributed by atoms with Crippen LogP contribution in [0.3, 0.4) is 0 Å². The number of aromatic nitrogens is 1. The summed E-state index contributed by atoms with van der Waals surface area (Å²) in [4.78, 5) is 3.85. The monoisotopic (exact) mass is 280 g/mol. The molecule has 1 aromatic rings. The minimum Gasteiger partial charge on any atom is -0.282 e. The normalized spacial score (nSPS) is 12.9. The molecule has 0 saturated heterocycles. The molecule has 0 spiro atoms. The third-order valence-electron chi connectivity index (χ3n) is 1.75. The van der Waals surface area contributed by atoms with Crippen LogP contribution in [0, 0.1) is 0 Å². The molecular weight excluding hydrogens is 269 g/mol. The molecular formula is C10H11F3N2O2S. The Bertz CT molecular complexity index is 521. The first kappa shape index (κ1) is 14.5. The van der Waals surface area contributed by atoms with E-state index >= 15 is 0 Å². The van der Waals surface area contributed by atoms with Crippen LogP contribution < -0.4 is 4.72 Å². The quantitative estimate of drug-likeness (QED) is 0.921. The SMILES string of the molecule is CC=Cc1ccc(NS(=O)(=O)CC(F)(F)F)cn1. The molecule has 0 bridgehead atoms. The van der Waals surface area contributed by atoms with E-state index < -0.39 is 22.0 Å². The zero-order chi connectivity index (χ0) is 13.8. The number of halogens is 3. The molecule has 0 radical (unpaired) electrons. The van der Waals surface area contributed by atoms with Gasteiger partial charge in [0.25, 0.3) is 0 Å². The molecule has 0 atom stereocenters. The van der Waals surface area contributed by atoms with Gasteiger partial charge in [-0.3, -0.25) is 9.71 Å². The molecule has 100 valence electrons. The molecule has 1 heterocycles. The lowest BCUT2D eigenvalue weighted by Crippen LogP contribution is -2.27. The Balaban J connectivity index is 2.79. The highest BCUT2D eigenvalue weighted by molar-refractivity contribution is 7.92. The van der Waals surface area contributed by atoms with E-state index in [0.717, 1.165) is 6.20 Å². The fraction of sp³-hybridized carbons (Fsp3) is 0.300. The zero-order valence-corrected chi connectivity index (χ0v) is 10.2. The summed E-state index contributed by atoms with van der Waals surface area (Å²) in [5.41, 5.74) is 0.573. The predicted octanol–water partition coefficient (Wildman–Crippen LogP) is 2.42. The maximum atomic E-state index is 12.0. The molecule has 1 rings (SSSR count). The third kappa shape index (κ3) is 5.17. The predicted molar refractivity (Wildman–Crippen MR) is 62.4 cm³/mol. The fourth-order valence-corrected chi connectivity index (χ4v) is 2.15. The summed E-state index contributed by atoms with van der Waals surface area (Å²) < 4.78 is 60.0. The van der Waals surface area contributed by atoms with E-state index in [-0.39, 0.29) is 5.69 Å². The summed E-state index contributed by atoms with van der Waals surface area (Å²) in [7, 11) is -4.45. The van der Waals surface area contributed by atoms with Gasteiger partial charge in [-0.05, 0) is 25.1 Å². The number of sulfonamides is 1. The van der Waals surface area contributed by atoms with Crippen LogP contribution in [-0.2, 0) is 10.0 Å². The van der Waals surface area contributed by atoms with E-state index in [4.69, 9.17) is 0 Å². The molecule has 1 aromatic heterocycles. The number of anilines is 1. The molecule has 4 nitrogen and oxygen atoms in total. The second-order valence-electron chi connectivity index (χ2n) is 3.45. The second-order valence-corrected chi connectivity index (χ2v) is 5.17. The number of pyridine rings is 1. The van der Waals surface area contributed by atoms with E-state index in [1.54, 1.807) is 19.1 Å². The van der Waals surface area contributed by atoms with Gasteiger partial charge in [0.2, 0.25) is 10.0 Å². The number of allylic oxidation sites excluding steroid dienone is 1. The topological polar surface area (TPSA) is 59.1 Å². The number of rotatable bonds is 4. The van der Waals surface area contributed by atoms with Gasteiger partial charge in [0.05, 0.1) is 17.6 Å². The smallest absolute Gasteiger partial charge is 0.282 e. The van der Waals surface area contributed by atoms with Crippen LogP contribution in [0.25, 0.3) is 6.08 Å². The van der Waals surface area contributed by atoms with Crippen molar-refractivity contribution in [2.24, 2.45) is 0 Å². The summed E-state index contributed by atoms with van der Waals surface area (Å²) in [6.07, 6.45) is -0.211. The Hall–Kier alpha value is -1.57. The maximum absolute atomic E-state index is 12.0. The molecule has 18 heavy (non-hydrogen) atoms. The molecule has 0 aliphatic carbocycles. The van der Waals surface area contributed by atoms with Gasteiger partial charge >= 0.3 is 6.18 Å². The standard InChI is InChI=1S/C10H11F3N2O2S/c1-2-3-8-4-5-9(6-14-8)15-18(16,17)7-10(11,12)13/h2-6,15H,7H2,1H3. The molecule has 0 aliphatic rings. The van der Waals surface area contributed by atoms with Crippen LogP contribution in [-0.4, -0.2) is 25.3 Å². The largest absolute Gasteiger partial charge is 0.404 e. The number of nitrogens with one attached hydrogen (secondary N) is 1. The van der Waals surface area contributed by atoms with Gasteiger partial charge in [-0.2, -0.15) is 13.2 Å². The van der Waals surface area contributed by atoms with Crippen LogP contribution >= 0.6 is 0 Å². The molecule has 0 aromatic carbocycles. The van der Waals surface area contributed by atoms with Gasteiger partial charge < -0.3 is 0 Å². The Labute approximate surface area is 103 Å². The molecule has 1 N–H and O–H groups in total. The van der Waals surface area contributed by atoms with Crippen molar-refractivity contribution < 1.29 is 21.6 Å². The van der Waals surface area contributed by atoms with E-state index in [2.05, 4.69) is 4.98 Å². The van der Waals surface area contributed by atoms with E-state index in [1.807, 2.05) is 4.72 Å². The van der Waals surface area contributed by atoms with Crippen LogP contribution in [0.15, 0.2) is 24.4 Å². The van der Waals surface area contributed by atoms with Gasteiger partial charge in [-0.25, -0.2) is 8.42 Å².